The van der Waals surface area contributed by atoms with Crippen molar-refractivity contribution >= 4 is 27.3 Å². The number of pyridine rings is 1. The molecule has 2 bridgehead atoms. The number of fused-ring (bicyclic) bond motifs is 2. The molecule has 1 aromatic heterocycles. The van der Waals surface area contributed by atoms with Crippen molar-refractivity contribution in [1.82, 2.24) is 10.3 Å². The molecule has 3 heterocycles. The van der Waals surface area contributed by atoms with Crippen molar-refractivity contribution in [1.29, 1.82) is 0 Å². The van der Waals surface area contributed by atoms with E-state index in [4.69, 9.17) is 0 Å². The topological polar surface area (TPSA) is 71.3 Å². The van der Waals surface area contributed by atoms with Crippen LogP contribution in [0.5, 0.6) is 0 Å². The van der Waals surface area contributed by atoms with Gasteiger partial charge in [0.2, 0.25) is 0 Å². The molecule has 2 unspecified atom stereocenters. The van der Waals surface area contributed by atoms with E-state index in [0.717, 1.165) is 25.9 Å². The average molecular weight is 327 g/mol. The molecule has 0 radical (unpaired) electrons. The zero-order chi connectivity index (χ0) is 13.4. The SMILES string of the molecule is O=[N+]([O-])c1cncc(Br)c1N1CCC2CCC(C1)N2. The molecule has 7 heteroatoms. The molecule has 1 N–H and O–H groups in total. The first kappa shape index (κ1) is 12.8. The zero-order valence-corrected chi connectivity index (χ0v) is 12.0. The molecular weight excluding hydrogens is 312 g/mol. The molecule has 0 aromatic carbocycles. The lowest BCUT2D eigenvalue weighted by atomic mass is 10.1. The van der Waals surface area contributed by atoms with Crippen molar-refractivity contribution < 1.29 is 4.92 Å². The largest absolute Gasteiger partial charge is 0.363 e. The van der Waals surface area contributed by atoms with E-state index >= 15 is 0 Å². The first-order valence-electron chi connectivity index (χ1n) is 6.44. The van der Waals surface area contributed by atoms with Gasteiger partial charge in [-0.3, -0.25) is 15.1 Å². The van der Waals surface area contributed by atoms with Crippen molar-refractivity contribution in [3.63, 3.8) is 0 Å². The van der Waals surface area contributed by atoms with Crippen LogP contribution in [0.3, 0.4) is 0 Å². The highest BCUT2D eigenvalue weighted by atomic mass is 79.9. The van der Waals surface area contributed by atoms with Gasteiger partial charge in [-0.2, -0.15) is 0 Å². The number of anilines is 1. The van der Waals surface area contributed by atoms with Gasteiger partial charge >= 0.3 is 5.69 Å². The van der Waals surface area contributed by atoms with E-state index in [2.05, 4.69) is 31.1 Å². The van der Waals surface area contributed by atoms with E-state index in [-0.39, 0.29) is 10.6 Å². The van der Waals surface area contributed by atoms with Crippen molar-refractivity contribution in [2.75, 3.05) is 18.0 Å². The van der Waals surface area contributed by atoms with Gasteiger partial charge in [-0.25, -0.2) is 0 Å². The molecule has 2 fully saturated rings. The fraction of sp³-hybridized carbons (Fsp3) is 0.583. The van der Waals surface area contributed by atoms with Crippen molar-refractivity contribution in [2.45, 2.75) is 31.3 Å². The third-order valence-electron chi connectivity index (χ3n) is 3.89. The van der Waals surface area contributed by atoms with Gasteiger partial charge in [0, 0.05) is 31.4 Å². The van der Waals surface area contributed by atoms with Crippen LogP contribution in [0, 0.1) is 10.1 Å². The highest BCUT2D eigenvalue weighted by Gasteiger charge is 2.32. The summed E-state index contributed by atoms with van der Waals surface area (Å²) in [6, 6.07) is 1.00. The minimum Gasteiger partial charge on any atom is -0.363 e. The Morgan fingerprint density at radius 3 is 2.95 bits per heavy atom. The smallest absolute Gasteiger partial charge is 0.311 e. The van der Waals surface area contributed by atoms with Crippen LogP contribution < -0.4 is 10.2 Å². The van der Waals surface area contributed by atoms with Gasteiger partial charge in [-0.15, -0.1) is 0 Å². The van der Waals surface area contributed by atoms with E-state index in [9.17, 15) is 10.1 Å². The summed E-state index contributed by atoms with van der Waals surface area (Å²) in [4.78, 5) is 16.8. The lowest BCUT2D eigenvalue weighted by Crippen LogP contribution is -2.35. The Kier molecular flexibility index (Phi) is 3.40. The summed E-state index contributed by atoms with van der Waals surface area (Å²) in [6.07, 6.45) is 6.35. The number of hydrogen-bond acceptors (Lipinski definition) is 5. The Labute approximate surface area is 119 Å². The summed E-state index contributed by atoms with van der Waals surface area (Å²) in [5.74, 6) is 0. The first-order valence-corrected chi connectivity index (χ1v) is 7.23. The van der Waals surface area contributed by atoms with Crippen LogP contribution in [0.25, 0.3) is 0 Å². The van der Waals surface area contributed by atoms with Gasteiger partial charge in [0.05, 0.1) is 9.40 Å². The molecule has 0 aliphatic carbocycles. The number of nitrogens with zero attached hydrogens (tertiary/aromatic N) is 3. The predicted octanol–water partition coefficient (Wildman–Crippen LogP) is 2.08. The number of nitro groups is 1. The summed E-state index contributed by atoms with van der Waals surface area (Å²) < 4.78 is 0.694. The lowest BCUT2D eigenvalue weighted by molar-refractivity contribution is -0.384. The van der Waals surface area contributed by atoms with Gasteiger partial charge in [0.25, 0.3) is 0 Å². The standard InChI is InChI=1S/C12H15BrN4O2/c13-10-5-14-6-11(17(18)19)12(10)16-4-3-8-1-2-9(7-16)15-8/h5-6,8-9,15H,1-4,7H2. The van der Waals surface area contributed by atoms with Crippen molar-refractivity contribution in [3.05, 3.63) is 27.0 Å². The first-order chi connectivity index (χ1) is 9.15. The number of hydrogen-bond donors (Lipinski definition) is 1. The number of rotatable bonds is 2. The molecule has 6 nitrogen and oxygen atoms in total. The van der Waals surface area contributed by atoms with Crippen molar-refractivity contribution in [2.24, 2.45) is 0 Å². The average Bonchev–Trinajstić information content (AvgIpc) is 2.70. The molecule has 0 spiro atoms. The molecule has 102 valence electrons. The summed E-state index contributed by atoms with van der Waals surface area (Å²) in [5.41, 5.74) is 0.737. The fourth-order valence-corrected chi connectivity index (χ4v) is 3.58. The highest BCUT2D eigenvalue weighted by molar-refractivity contribution is 9.10. The molecule has 3 rings (SSSR count). The maximum atomic E-state index is 11.2. The molecule has 2 aliphatic rings. The molecular formula is C12H15BrN4O2. The Hall–Kier alpha value is -1.21. The predicted molar refractivity (Wildman–Crippen MR) is 75.4 cm³/mol. The molecule has 0 amide bonds. The number of nitrogens with one attached hydrogen (secondary N) is 1. The Balaban J connectivity index is 1.95. The van der Waals surface area contributed by atoms with E-state index < -0.39 is 0 Å². The van der Waals surface area contributed by atoms with Gasteiger partial charge in [-0.1, -0.05) is 0 Å². The summed E-state index contributed by atoms with van der Waals surface area (Å²) in [5, 5.41) is 14.7. The van der Waals surface area contributed by atoms with Crippen LogP contribution in [0.1, 0.15) is 19.3 Å². The molecule has 2 atom stereocenters. The monoisotopic (exact) mass is 326 g/mol. The summed E-state index contributed by atoms with van der Waals surface area (Å²) in [6.45, 7) is 1.66. The van der Waals surface area contributed by atoms with Crippen molar-refractivity contribution in [3.8, 4) is 0 Å². The molecule has 19 heavy (non-hydrogen) atoms. The zero-order valence-electron chi connectivity index (χ0n) is 10.4. The van der Waals surface area contributed by atoms with Gasteiger partial charge < -0.3 is 10.2 Å². The van der Waals surface area contributed by atoms with Gasteiger partial charge in [0.1, 0.15) is 11.9 Å². The quantitative estimate of drug-likeness (QED) is 0.665. The second-order valence-corrected chi connectivity index (χ2v) is 5.97. The van der Waals surface area contributed by atoms with Gasteiger partial charge in [0.15, 0.2) is 0 Å². The molecule has 2 aliphatic heterocycles. The van der Waals surface area contributed by atoms with E-state index in [1.807, 2.05) is 0 Å². The van der Waals surface area contributed by atoms with E-state index in [1.54, 1.807) is 6.20 Å². The minimum absolute atomic E-state index is 0.0761. The van der Waals surface area contributed by atoms with Crippen LogP contribution in [0.4, 0.5) is 11.4 Å². The number of halogens is 1. The second kappa shape index (κ2) is 5.05. The fourth-order valence-electron chi connectivity index (χ4n) is 3.01. The van der Waals surface area contributed by atoms with E-state index in [1.165, 1.54) is 12.6 Å². The molecule has 2 saturated heterocycles. The molecule has 0 saturated carbocycles. The van der Waals surface area contributed by atoms with Crippen LogP contribution in [-0.4, -0.2) is 35.1 Å². The number of aromatic nitrogens is 1. The van der Waals surface area contributed by atoms with Crippen LogP contribution in [0.15, 0.2) is 16.9 Å². The third-order valence-corrected chi connectivity index (χ3v) is 4.47. The Morgan fingerprint density at radius 2 is 2.16 bits per heavy atom. The third kappa shape index (κ3) is 2.44. The summed E-state index contributed by atoms with van der Waals surface area (Å²) >= 11 is 3.40. The Bertz CT molecular complexity index is 511. The van der Waals surface area contributed by atoms with E-state index in [0.29, 0.717) is 22.2 Å². The second-order valence-electron chi connectivity index (χ2n) is 5.12. The summed E-state index contributed by atoms with van der Waals surface area (Å²) in [7, 11) is 0. The van der Waals surface area contributed by atoms with Gasteiger partial charge in [-0.05, 0) is 35.2 Å². The lowest BCUT2D eigenvalue weighted by Gasteiger charge is -2.26. The minimum atomic E-state index is -0.357. The van der Waals surface area contributed by atoms with Crippen LogP contribution in [-0.2, 0) is 0 Å². The van der Waals surface area contributed by atoms with Crippen LogP contribution >= 0.6 is 15.9 Å². The highest BCUT2D eigenvalue weighted by Crippen LogP contribution is 2.36. The van der Waals surface area contributed by atoms with Crippen LogP contribution in [0.2, 0.25) is 0 Å². The maximum absolute atomic E-state index is 11.2. The maximum Gasteiger partial charge on any atom is 0.311 e. The normalized spacial score (nSPS) is 26.3. The molecule has 1 aromatic rings. The Morgan fingerprint density at radius 1 is 1.37 bits per heavy atom.